The second-order valence-corrected chi connectivity index (χ2v) is 9.84. The molecule has 0 aliphatic carbocycles. The van der Waals surface area contributed by atoms with Crippen LogP contribution in [0.15, 0.2) is 140 Å². The van der Waals surface area contributed by atoms with Gasteiger partial charge in [-0.1, -0.05) is 103 Å². The number of nitrogens with zero attached hydrogens (tertiary/aromatic N) is 1. The molecule has 0 aliphatic heterocycles. The van der Waals surface area contributed by atoms with Gasteiger partial charge < -0.3 is 4.57 Å². The third-order valence-corrected chi connectivity index (χ3v) is 7.74. The van der Waals surface area contributed by atoms with Gasteiger partial charge >= 0.3 is 0 Å². The molecule has 1 nitrogen and oxygen atoms in total. The van der Waals surface area contributed by atoms with E-state index in [1.807, 2.05) is 0 Å². The summed E-state index contributed by atoms with van der Waals surface area (Å²) in [5.41, 5.74) is 6.16. The maximum atomic E-state index is 2.38. The minimum atomic E-state index is 1.19. The van der Waals surface area contributed by atoms with Crippen LogP contribution in [0.3, 0.4) is 0 Å². The average molecular weight is 470 g/mol. The molecule has 0 bridgehead atoms. The Morgan fingerprint density at radius 3 is 1.59 bits per heavy atom. The molecule has 1 heteroatoms. The summed E-state index contributed by atoms with van der Waals surface area (Å²) in [4.78, 5) is 0. The molecule has 0 spiro atoms. The van der Waals surface area contributed by atoms with Crippen molar-refractivity contribution >= 4 is 54.1 Å². The van der Waals surface area contributed by atoms with E-state index in [0.29, 0.717) is 0 Å². The Balaban J connectivity index is 1.28. The smallest absolute Gasteiger partial charge is 0.0541 e. The van der Waals surface area contributed by atoms with Gasteiger partial charge in [0.05, 0.1) is 11.0 Å². The summed E-state index contributed by atoms with van der Waals surface area (Å²) in [6.07, 6.45) is 0. The lowest BCUT2D eigenvalue weighted by atomic mass is 9.96. The molecule has 0 saturated heterocycles. The molecule has 172 valence electrons. The first-order chi connectivity index (χ1) is 18.3. The van der Waals surface area contributed by atoms with Crippen molar-refractivity contribution in [1.29, 1.82) is 0 Å². The lowest BCUT2D eigenvalue weighted by molar-refractivity contribution is 1.19. The molecule has 0 amide bonds. The van der Waals surface area contributed by atoms with E-state index in [4.69, 9.17) is 0 Å². The molecule has 7 aromatic carbocycles. The molecule has 1 heterocycles. The third kappa shape index (κ3) is 3.11. The van der Waals surface area contributed by atoms with E-state index < -0.39 is 0 Å². The minimum Gasteiger partial charge on any atom is -0.309 e. The van der Waals surface area contributed by atoms with Crippen LogP contribution >= 0.6 is 0 Å². The van der Waals surface area contributed by atoms with Crippen LogP contribution in [0.5, 0.6) is 0 Å². The van der Waals surface area contributed by atoms with E-state index in [9.17, 15) is 0 Å². The largest absolute Gasteiger partial charge is 0.309 e. The Bertz CT molecular complexity index is 2090. The highest BCUT2D eigenvalue weighted by atomic mass is 15.0. The number of benzene rings is 7. The molecule has 0 N–H and O–H groups in total. The van der Waals surface area contributed by atoms with Gasteiger partial charge in [-0.05, 0) is 79.8 Å². The van der Waals surface area contributed by atoms with Crippen LogP contribution in [-0.4, -0.2) is 4.57 Å². The first-order valence-electron chi connectivity index (χ1n) is 12.8. The standard InChI is InChI=1S/C36H23N/c1-2-8-31-24(7-1)13-14-25-15-16-29(23-34(25)31)26-17-18-28-22-30(20-19-27(28)21-26)37-35-11-5-3-9-32(35)33-10-4-6-12-36(33)37/h1-23H. The monoisotopic (exact) mass is 469 g/mol. The van der Waals surface area contributed by atoms with Crippen molar-refractivity contribution in [1.82, 2.24) is 4.57 Å². The van der Waals surface area contributed by atoms with Crippen LogP contribution in [0.2, 0.25) is 0 Å². The fourth-order valence-corrected chi connectivity index (χ4v) is 5.93. The zero-order valence-corrected chi connectivity index (χ0v) is 20.2. The predicted octanol–water partition coefficient (Wildman–Crippen LogP) is 9.91. The van der Waals surface area contributed by atoms with E-state index in [1.54, 1.807) is 0 Å². The highest BCUT2D eigenvalue weighted by molar-refractivity contribution is 6.10. The number of fused-ring (bicyclic) bond motifs is 7. The molecule has 0 unspecified atom stereocenters. The second kappa shape index (κ2) is 7.81. The molecule has 1 aromatic heterocycles. The Morgan fingerprint density at radius 2 is 0.838 bits per heavy atom. The van der Waals surface area contributed by atoms with Gasteiger partial charge in [0.25, 0.3) is 0 Å². The lowest BCUT2D eigenvalue weighted by Crippen LogP contribution is -1.93. The number of hydrogen-bond donors (Lipinski definition) is 0. The van der Waals surface area contributed by atoms with Crippen LogP contribution in [-0.2, 0) is 0 Å². The van der Waals surface area contributed by atoms with Crippen LogP contribution < -0.4 is 0 Å². The second-order valence-electron chi connectivity index (χ2n) is 9.84. The fraction of sp³-hybridized carbons (Fsp3) is 0. The average Bonchev–Trinajstić information content (AvgIpc) is 3.31. The minimum absolute atomic E-state index is 1.19. The summed E-state index contributed by atoms with van der Waals surface area (Å²) in [6, 6.07) is 50.9. The molecule has 0 radical (unpaired) electrons. The van der Waals surface area contributed by atoms with Gasteiger partial charge in [0, 0.05) is 16.5 Å². The van der Waals surface area contributed by atoms with Crippen molar-refractivity contribution in [3.63, 3.8) is 0 Å². The van der Waals surface area contributed by atoms with Gasteiger partial charge in [-0.3, -0.25) is 0 Å². The number of aromatic nitrogens is 1. The van der Waals surface area contributed by atoms with Gasteiger partial charge in [0.1, 0.15) is 0 Å². The molecule has 8 aromatic rings. The highest BCUT2D eigenvalue weighted by Gasteiger charge is 2.12. The number of rotatable bonds is 2. The quantitative estimate of drug-likeness (QED) is 0.222. The molecule has 8 rings (SSSR count). The molecule has 0 saturated carbocycles. The van der Waals surface area contributed by atoms with Gasteiger partial charge in [0.15, 0.2) is 0 Å². The van der Waals surface area contributed by atoms with Gasteiger partial charge in [-0.15, -0.1) is 0 Å². The van der Waals surface area contributed by atoms with E-state index in [1.165, 1.54) is 70.9 Å². The Hall–Kier alpha value is -4.88. The highest BCUT2D eigenvalue weighted by Crippen LogP contribution is 2.34. The summed E-state index contributed by atoms with van der Waals surface area (Å²) < 4.78 is 2.38. The number of para-hydroxylation sites is 2. The molecule has 0 fully saturated rings. The Labute approximate surface area is 214 Å². The van der Waals surface area contributed by atoms with Crippen LogP contribution in [0.1, 0.15) is 0 Å². The van der Waals surface area contributed by atoms with Crippen molar-refractivity contribution < 1.29 is 0 Å². The summed E-state index contributed by atoms with van der Waals surface area (Å²) in [6.45, 7) is 0. The molecular weight excluding hydrogens is 446 g/mol. The topological polar surface area (TPSA) is 4.93 Å². The van der Waals surface area contributed by atoms with Gasteiger partial charge in [-0.2, -0.15) is 0 Å². The zero-order chi connectivity index (χ0) is 24.3. The Kier molecular flexibility index (Phi) is 4.29. The van der Waals surface area contributed by atoms with E-state index in [0.717, 1.165) is 0 Å². The zero-order valence-electron chi connectivity index (χ0n) is 20.2. The van der Waals surface area contributed by atoms with E-state index in [-0.39, 0.29) is 0 Å². The fourth-order valence-electron chi connectivity index (χ4n) is 5.93. The first kappa shape index (κ1) is 20.3. The van der Waals surface area contributed by atoms with Crippen molar-refractivity contribution in [2.24, 2.45) is 0 Å². The summed E-state index contributed by atoms with van der Waals surface area (Å²) in [5.74, 6) is 0. The van der Waals surface area contributed by atoms with Gasteiger partial charge in [0.2, 0.25) is 0 Å². The van der Waals surface area contributed by atoms with Crippen molar-refractivity contribution in [3.05, 3.63) is 140 Å². The van der Waals surface area contributed by atoms with E-state index in [2.05, 4.69) is 144 Å². The lowest BCUT2D eigenvalue weighted by Gasteiger charge is -2.11. The third-order valence-electron chi connectivity index (χ3n) is 7.74. The van der Waals surface area contributed by atoms with Crippen LogP contribution in [0, 0.1) is 0 Å². The summed E-state index contributed by atoms with van der Waals surface area (Å²) in [7, 11) is 0. The summed E-state index contributed by atoms with van der Waals surface area (Å²) in [5, 5.41) is 10.2. The van der Waals surface area contributed by atoms with Crippen molar-refractivity contribution in [2.45, 2.75) is 0 Å². The SMILES string of the molecule is c1ccc2c(c1)ccc1ccc(-c3ccc4cc(-n5c6ccccc6c6ccccc65)ccc4c3)cc12. The Morgan fingerprint density at radius 1 is 0.324 bits per heavy atom. The molecule has 37 heavy (non-hydrogen) atoms. The van der Waals surface area contributed by atoms with Crippen molar-refractivity contribution in [3.8, 4) is 16.8 Å². The van der Waals surface area contributed by atoms with Crippen molar-refractivity contribution in [2.75, 3.05) is 0 Å². The van der Waals surface area contributed by atoms with E-state index >= 15 is 0 Å². The molecule has 0 atom stereocenters. The van der Waals surface area contributed by atoms with Crippen LogP contribution in [0.4, 0.5) is 0 Å². The maximum absolute atomic E-state index is 2.38. The predicted molar refractivity (Wildman–Crippen MR) is 159 cm³/mol. The summed E-state index contributed by atoms with van der Waals surface area (Å²) >= 11 is 0. The van der Waals surface area contributed by atoms with Crippen LogP contribution in [0.25, 0.3) is 70.9 Å². The van der Waals surface area contributed by atoms with Gasteiger partial charge in [-0.25, -0.2) is 0 Å². The first-order valence-corrected chi connectivity index (χ1v) is 12.8. The molecular formula is C36H23N. The number of hydrogen-bond acceptors (Lipinski definition) is 0. The molecule has 0 aliphatic rings. The maximum Gasteiger partial charge on any atom is 0.0541 e. The normalized spacial score (nSPS) is 11.8.